The van der Waals surface area contributed by atoms with E-state index in [0.717, 1.165) is 23.7 Å². The van der Waals surface area contributed by atoms with Gasteiger partial charge in [-0.2, -0.15) is 14.9 Å². The van der Waals surface area contributed by atoms with Gasteiger partial charge in [-0.1, -0.05) is 56.4 Å². The molecule has 5 heteroatoms. The molecule has 1 aliphatic rings. The molecule has 0 unspecified atom stereocenters. The molecule has 1 fully saturated rings. The van der Waals surface area contributed by atoms with E-state index in [0.29, 0.717) is 4.77 Å². The lowest BCUT2D eigenvalue weighted by Gasteiger charge is -2.20. The van der Waals surface area contributed by atoms with E-state index in [1.807, 2.05) is 18.3 Å². The smallest absolute Gasteiger partial charge is 0.216 e. The summed E-state index contributed by atoms with van der Waals surface area (Å²) in [7, 11) is 0. The van der Waals surface area contributed by atoms with Crippen molar-refractivity contribution in [3.05, 3.63) is 46.0 Å². The molecular formula is C18H24N4S. The van der Waals surface area contributed by atoms with E-state index < -0.39 is 0 Å². The first-order chi connectivity index (χ1) is 11.2. The van der Waals surface area contributed by atoms with Gasteiger partial charge >= 0.3 is 0 Å². The van der Waals surface area contributed by atoms with Crippen molar-refractivity contribution in [2.24, 2.45) is 11.0 Å². The SMILES string of the molecule is Cc1ccccc1/C=N\n1c(CCC2CCCCC2)n[nH]c1=S. The summed E-state index contributed by atoms with van der Waals surface area (Å²) in [4.78, 5) is 0. The summed E-state index contributed by atoms with van der Waals surface area (Å²) in [5.41, 5.74) is 2.31. The minimum absolute atomic E-state index is 0.563. The summed E-state index contributed by atoms with van der Waals surface area (Å²) in [6.07, 6.45) is 10.9. The Morgan fingerprint density at radius 3 is 2.87 bits per heavy atom. The monoisotopic (exact) mass is 328 g/mol. The van der Waals surface area contributed by atoms with Gasteiger partial charge in [0, 0.05) is 6.42 Å². The van der Waals surface area contributed by atoms with Crippen LogP contribution in [-0.2, 0) is 6.42 Å². The highest BCUT2D eigenvalue weighted by Crippen LogP contribution is 2.27. The predicted molar refractivity (Wildman–Crippen MR) is 96.5 cm³/mol. The van der Waals surface area contributed by atoms with Gasteiger partial charge in [-0.05, 0) is 42.6 Å². The quantitative estimate of drug-likeness (QED) is 0.642. The van der Waals surface area contributed by atoms with Crippen LogP contribution in [0.15, 0.2) is 29.4 Å². The van der Waals surface area contributed by atoms with Crippen LogP contribution in [0.3, 0.4) is 0 Å². The van der Waals surface area contributed by atoms with E-state index in [1.54, 1.807) is 4.68 Å². The molecule has 0 saturated heterocycles. The number of aromatic amines is 1. The van der Waals surface area contributed by atoms with E-state index in [1.165, 1.54) is 44.1 Å². The van der Waals surface area contributed by atoms with Crippen LogP contribution in [0.1, 0.15) is 55.5 Å². The van der Waals surface area contributed by atoms with Gasteiger partial charge in [0.1, 0.15) is 0 Å². The van der Waals surface area contributed by atoms with Crippen molar-refractivity contribution < 1.29 is 0 Å². The molecular weight excluding hydrogens is 304 g/mol. The lowest BCUT2D eigenvalue weighted by molar-refractivity contribution is 0.336. The molecule has 1 aromatic heterocycles. The molecule has 0 bridgehead atoms. The standard InChI is InChI=1S/C18H24N4S/c1-14-7-5-6-10-16(14)13-19-22-17(20-21-18(22)23)12-11-15-8-3-2-4-9-15/h5-7,10,13,15H,2-4,8-9,11-12H2,1H3,(H,21,23)/b19-13-. The molecule has 0 radical (unpaired) electrons. The summed E-state index contributed by atoms with van der Waals surface area (Å²) < 4.78 is 2.33. The third-order valence-corrected chi connectivity index (χ3v) is 4.98. The van der Waals surface area contributed by atoms with Crippen molar-refractivity contribution in [2.75, 3.05) is 0 Å². The van der Waals surface area contributed by atoms with Gasteiger partial charge in [0.2, 0.25) is 4.77 Å². The molecule has 1 aliphatic carbocycles. The van der Waals surface area contributed by atoms with Crippen LogP contribution in [0.25, 0.3) is 0 Å². The second-order valence-electron chi connectivity index (χ2n) is 6.40. The first-order valence-corrected chi connectivity index (χ1v) is 8.91. The second kappa shape index (κ2) is 7.68. The molecule has 2 aromatic rings. The van der Waals surface area contributed by atoms with E-state index in [-0.39, 0.29) is 0 Å². The van der Waals surface area contributed by atoms with Crippen molar-refractivity contribution in [3.63, 3.8) is 0 Å². The van der Waals surface area contributed by atoms with Crippen molar-refractivity contribution in [1.82, 2.24) is 14.9 Å². The highest BCUT2D eigenvalue weighted by molar-refractivity contribution is 7.71. The Morgan fingerprint density at radius 2 is 2.09 bits per heavy atom. The van der Waals surface area contributed by atoms with Crippen molar-refractivity contribution in [1.29, 1.82) is 0 Å². The number of benzene rings is 1. The Labute approximate surface area is 142 Å². The van der Waals surface area contributed by atoms with E-state index >= 15 is 0 Å². The molecule has 1 N–H and O–H groups in total. The zero-order chi connectivity index (χ0) is 16.1. The molecule has 0 atom stereocenters. The highest BCUT2D eigenvalue weighted by atomic mass is 32.1. The van der Waals surface area contributed by atoms with Gasteiger partial charge in [0.05, 0.1) is 6.21 Å². The number of hydrogen-bond acceptors (Lipinski definition) is 3. The maximum Gasteiger partial charge on any atom is 0.216 e. The first kappa shape index (κ1) is 16.1. The van der Waals surface area contributed by atoms with Crippen LogP contribution in [-0.4, -0.2) is 21.1 Å². The third-order valence-electron chi connectivity index (χ3n) is 4.72. The van der Waals surface area contributed by atoms with Crippen LogP contribution in [0.4, 0.5) is 0 Å². The Kier molecular flexibility index (Phi) is 5.39. The molecule has 122 valence electrons. The minimum Gasteiger partial charge on any atom is -0.250 e. The van der Waals surface area contributed by atoms with Crippen molar-refractivity contribution in [2.45, 2.75) is 51.9 Å². The predicted octanol–water partition coefficient (Wildman–Crippen LogP) is 4.64. The maximum atomic E-state index is 5.32. The van der Waals surface area contributed by atoms with E-state index in [2.05, 4.69) is 34.4 Å². The Morgan fingerprint density at radius 1 is 1.30 bits per heavy atom. The van der Waals surface area contributed by atoms with Crippen LogP contribution in [0.2, 0.25) is 0 Å². The minimum atomic E-state index is 0.563. The zero-order valence-electron chi connectivity index (χ0n) is 13.7. The van der Waals surface area contributed by atoms with Gasteiger partial charge in [-0.3, -0.25) is 5.10 Å². The lowest BCUT2D eigenvalue weighted by atomic mass is 9.86. The Bertz CT molecular complexity index is 723. The van der Waals surface area contributed by atoms with Gasteiger partial charge in [0.25, 0.3) is 0 Å². The first-order valence-electron chi connectivity index (χ1n) is 8.50. The number of H-pyrrole nitrogens is 1. The average molecular weight is 328 g/mol. The highest BCUT2D eigenvalue weighted by Gasteiger charge is 2.15. The van der Waals surface area contributed by atoms with E-state index in [9.17, 15) is 0 Å². The molecule has 3 rings (SSSR count). The average Bonchev–Trinajstić information content (AvgIpc) is 2.93. The van der Waals surface area contributed by atoms with Crippen LogP contribution >= 0.6 is 12.2 Å². The van der Waals surface area contributed by atoms with Crippen LogP contribution < -0.4 is 0 Å². The Hall–Kier alpha value is -1.75. The molecule has 0 spiro atoms. The molecule has 23 heavy (non-hydrogen) atoms. The second-order valence-corrected chi connectivity index (χ2v) is 6.79. The third kappa shape index (κ3) is 4.16. The molecule has 1 heterocycles. The molecule has 4 nitrogen and oxygen atoms in total. The Balaban J connectivity index is 1.71. The van der Waals surface area contributed by atoms with E-state index in [4.69, 9.17) is 12.2 Å². The summed E-state index contributed by atoms with van der Waals surface area (Å²) in [6.45, 7) is 2.08. The summed E-state index contributed by atoms with van der Waals surface area (Å²) in [6, 6.07) is 8.20. The van der Waals surface area contributed by atoms with Crippen molar-refractivity contribution in [3.8, 4) is 0 Å². The van der Waals surface area contributed by atoms with Crippen LogP contribution in [0.5, 0.6) is 0 Å². The molecule has 0 amide bonds. The number of aromatic nitrogens is 3. The fraction of sp³-hybridized carbons (Fsp3) is 0.500. The normalized spacial score (nSPS) is 16.2. The summed E-state index contributed by atoms with van der Waals surface area (Å²) in [5.74, 6) is 1.77. The number of aryl methyl sites for hydroxylation is 2. The lowest BCUT2D eigenvalue weighted by Crippen LogP contribution is -2.09. The number of nitrogens with zero attached hydrogens (tertiary/aromatic N) is 3. The van der Waals surface area contributed by atoms with Gasteiger partial charge in [-0.25, -0.2) is 0 Å². The largest absolute Gasteiger partial charge is 0.250 e. The number of nitrogens with one attached hydrogen (secondary N) is 1. The van der Waals surface area contributed by atoms with Crippen molar-refractivity contribution >= 4 is 18.4 Å². The zero-order valence-corrected chi connectivity index (χ0v) is 14.5. The number of rotatable bonds is 5. The topological polar surface area (TPSA) is 46.0 Å². The fourth-order valence-corrected chi connectivity index (χ4v) is 3.46. The van der Waals surface area contributed by atoms with Gasteiger partial charge in [-0.15, -0.1) is 0 Å². The summed E-state index contributed by atoms with van der Waals surface area (Å²) >= 11 is 5.32. The fourth-order valence-electron chi connectivity index (χ4n) is 3.27. The van der Waals surface area contributed by atoms with Gasteiger partial charge in [0.15, 0.2) is 5.82 Å². The molecule has 0 aliphatic heterocycles. The van der Waals surface area contributed by atoms with Gasteiger partial charge < -0.3 is 0 Å². The molecule has 1 saturated carbocycles. The molecule has 1 aromatic carbocycles. The maximum absolute atomic E-state index is 5.32. The summed E-state index contributed by atoms with van der Waals surface area (Å²) in [5, 5.41) is 11.8. The number of hydrogen-bond donors (Lipinski definition) is 1. The van der Waals surface area contributed by atoms with Crippen LogP contribution in [0, 0.1) is 17.6 Å².